The second-order valence-corrected chi connectivity index (χ2v) is 12.0. The maximum atomic E-state index is 16.0. The fourth-order valence-electron chi connectivity index (χ4n) is 3.06. The minimum Gasteiger partial charge on any atom is -0.370 e. The van der Waals surface area contributed by atoms with E-state index in [1.54, 1.807) is 11.8 Å². The van der Waals surface area contributed by atoms with Gasteiger partial charge in [0.25, 0.3) is 0 Å². The van der Waals surface area contributed by atoms with Crippen LogP contribution in [0.2, 0.25) is 0 Å². The average Bonchev–Trinajstić information content (AvgIpc) is 2.33. The third-order valence-corrected chi connectivity index (χ3v) is 8.85. The van der Waals surface area contributed by atoms with Crippen LogP contribution < -0.4 is 5.73 Å². The van der Waals surface area contributed by atoms with Crippen LogP contribution in [0.3, 0.4) is 0 Å². The van der Waals surface area contributed by atoms with E-state index in [1.807, 2.05) is 34.1 Å². The first-order valence-electron chi connectivity index (χ1n) is 7.38. The van der Waals surface area contributed by atoms with E-state index in [0.29, 0.717) is 0 Å². The summed E-state index contributed by atoms with van der Waals surface area (Å²) in [7, 11) is 2.81. The zero-order valence-electron chi connectivity index (χ0n) is 14.9. The van der Waals surface area contributed by atoms with Crippen LogP contribution in [-0.2, 0) is 0 Å². The summed E-state index contributed by atoms with van der Waals surface area (Å²) in [6.07, 6.45) is 2.03. The molecule has 3 nitrogen and oxygen atoms in total. The number of nitrogens with zero attached hydrogens (tertiary/aromatic N) is 1. The van der Waals surface area contributed by atoms with Crippen LogP contribution in [0.5, 0.6) is 0 Å². The number of allylic oxidation sites excluding steroid dienone is 1. The van der Waals surface area contributed by atoms with Crippen molar-refractivity contribution in [3.63, 3.8) is 0 Å². The van der Waals surface area contributed by atoms with Crippen molar-refractivity contribution in [2.24, 2.45) is 5.73 Å². The van der Waals surface area contributed by atoms with Gasteiger partial charge < -0.3 is 5.11 Å². The molecule has 1 aliphatic rings. The first-order chi connectivity index (χ1) is 10.0. The van der Waals surface area contributed by atoms with Crippen LogP contribution in [0.15, 0.2) is 9.15 Å². The number of alkyl halides is 2. The molecule has 0 aromatic heterocycles. The molecule has 6 atom stereocenters. The molecule has 3 N–H and O–H groups in total. The smallest absolute Gasteiger partial charge is 0.206 e. The van der Waals surface area contributed by atoms with Gasteiger partial charge in [-0.3, -0.25) is 10.6 Å². The van der Waals surface area contributed by atoms with Crippen molar-refractivity contribution >= 4 is 67.1 Å². The predicted octanol–water partition coefficient (Wildman–Crippen LogP) is 4.04. The van der Waals surface area contributed by atoms with Gasteiger partial charge in [-0.15, -0.1) is 16.2 Å². The molecule has 0 bridgehead atoms. The third kappa shape index (κ3) is 4.48. The number of aliphatic hydroxyl groups is 1. The van der Waals surface area contributed by atoms with Crippen molar-refractivity contribution in [3.8, 4) is 0 Å². The quantitative estimate of drug-likeness (QED) is 0.0713. The summed E-state index contributed by atoms with van der Waals surface area (Å²) in [6.45, 7) is 10.8. The van der Waals surface area contributed by atoms with E-state index in [-0.39, 0.29) is 41.2 Å². The molecule has 1 fully saturated rings. The van der Waals surface area contributed by atoms with E-state index < -0.39 is 21.4 Å². The second-order valence-electron chi connectivity index (χ2n) is 7.09. The van der Waals surface area contributed by atoms with Gasteiger partial charge in [-0.1, -0.05) is 29.5 Å². The average molecular weight is 825 g/mol. The van der Waals surface area contributed by atoms with Gasteiger partial charge in [0.05, 0.1) is 8.80 Å². The Bertz CT molecular complexity index is 512. The summed E-state index contributed by atoms with van der Waals surface area (Å²) in [4.78, 5) is 1.63. The molecular weight excluding hydrogens is 798 g/mol. The number of likely N-dealkylation sites (tertiary alicyclic amines) is 1. The monoisotopic (exact) mass is 825 g/mol. The molecule has 6 unspecified atom stereocenters. The molecule has 1 rings (SSSR count). The first-order valence-corrected chi connectivity index (χ1v) is 10.7. The zero-order chi connectivity index (χ0) is 18.6. The van der Waals surface area contributed by atoms with Gasteiger partial charge in [0.1, 0.15) is 0 Å². The van der Waals surface area contributed by atoms with Gasteiger partial charge in [0.2, 0.25) is 5.79 Å². The Morgan fingerprint density at radius 1 is 1.46 bits per heavy atom. The summed E-state index contributed by atoms with van der Waals surface area (Å²) < 4.78 is 15.4. The van der Waals surface area contributed by atoms with Gasteiger partial charge in [0.15, 0.2) is 5.72 Å². The van der Waals surface area contributed by atoms with Gasteiger partial charge >= 0.3 is 0 Å². The Labute approximate surface area is 204 Å². The summed E-state index contributed by atoms with van der Waals surface area (Å²) in [5.74, 6) is -2.17. The van der Waals surface area contributed by atoms with E-state index >= 15 is 4.39 Å². The van der Waals surface area contributed by atoms with Crippen LogP contribution in [0.25, 0.3) is 0 Å². The van der Waals surface area contributed by atoms with E-state index in [2.05, 4.69) is 67.1 Å². The van der Waals surface area contributed by atoms with Crippen molar-refractivity contribution < 1.29 is 40.6 Å². The Hall–Kier alpha value is 2.71. The van der Waals surface area contributed by atoms with Gasteiger partial charge in [-0.05, 0) is 32.9 Å². The molecule has 1 heterocycles. The fourth-order valence-corrected chi connectivity index (χ4v) is 6.08. The molecule has 140 valence electrons. The van der Waals surface area contributed by atoms with Crippen LogP contribution in [0.4, 0.5) is 4.39 Å². The molecule has 0 spiro atoms. The number of nitrogens with two attached hydrogens (primary N) is 1. The molecular formula is C15H27FI2N2OPSU-. The first kappa shape index (κ1) is 26.7. The van der Waals surface area contributed by atoms with E-state index in [1.165, 1.54) is 6.92 Å². The third-order valence-electron chi connectivity index (χ3n) is 4.59. The molecule has 1 aliphatic heterocycles. The van der Waals surface area contributed by atoms with Crippen LogP contribution in [0.1, 0.15) is 41.5 Å². The Morgan fingerprint density at radius 3 is 2.21 bits per heavy atom. The van der Waals surface area contributed by atoms with Crippen molar-refractivity contribution in [3.05, 3.63) is 15.6 Å². The normalized spacial score (nSPS) is 46.7. The van der Waals surface area contributed by atoms with Crippen molar-refractivity contribution in [1.82, 2.24) is 4.90 Å². The van der Waals surface area contributed by atoms with Crippen LogP contribution in [0, 0.1) is 37.5 Å². The van der Waals surface area contributed by atoms with E-state index in [0.717, 1.165) is 9.15 Å². The number of halogens is 3. The Balaban J connectivity index is 0.00000529. The van der Waals surface area contributed by atoms with Gasteiger partial charge in [-0.2, -0.15) is 44.4 Å². The SMILES string of the molecule is C/C(I)=C1\[CH-]C(C)(P)C(I)N(C(C)C)C(C)(F)C(N)(O)C1(C)S.[U]. The van der Waals surface area contributed by atoms with Crippen LogP contribution >= 0.6 is 67.1 Å². The molecule has 0 amide bonds. The number of thiol groups is 1. The van der Waals surface area contributed by atoms with Crippen LogP contribution in [-0.4, -0.2) is 41.5 Å². The molecule has 1 saturated heterocycles. The number of hydrogen-bond acceptors (Lipinski definition) is 4. The zero-order valence-corrected chi connectivity index (χ0v) is 25.4. The summed E-state index contributed by atoms with van der Waals surface area (Å²) in [6, 6.07) is -0.148. The Kier molecular flexibility index (Phi) is 9.58. The maximum Gasteiger partial charge on any atom is 0.206 e. The molecule has 0 aliphatic carbocycles. The molecule has 0 saturated carbocycles. The van der Waals surface area contributed by atoms with Crippen molar-refractivity contribution in [2.45, 2.75) is 73.1 Å². The van der Waals surface area contributed by atoms with Crippen molar-refractivity contribution in [2.75, 3.05) is 0 Å². The largest absolute Gasteiger partial charge is 0.370 e. The summed E-state index contributed by atoms with van der Waals surface area (Å²) in [5.41, 5.74) is 4.77. The molecule has 0 aromatic rings. The van der Waals surface area contributed by atoms with Gasteiger partial charge in [0, 0.05) is 37.2 Å². The van der Waals surface area contributed by atoms with Gasteiger partial charge in [-0.25, -0.2) is 10.8 Å². The molecule has 24 heavy (non-hydrogen) atoms. The van der Waals surface area contributed by atoms with E-state index in [4.69, 9.17) is 5.73 Å². The molecule has 9 heteroatoms. The predicted molar refractivity (Wildman–Crippen MR) is 120 cm³/mol. The number of hydrogen-bond donors (Lipinski definition) is 3. The fraction of sp³-hybridized carbons (Fsp3) is 0.800. The number of rotatable bonds is 1. The summed E-state index contributed by atoms with van der Waals surface area (Å²) in [5, 5.41) is 10.7. The van der Waals surface area contributed by atoms with Crippen molar-refractivity contribution in [1.29, 1.82) is 0 Å². The standard InChI is InChI=1S/C15H27FI2N2OPS.U/c1-8(2)20-11(18)12(4,22)7-10(9(3)17)13(5,23)15(19,21)14(20,6)16;/h7-8,11,21,23H,19,22H2,1-6H3;/q-1;/b10-9-;. The minimum absolute atomic E-state index is 0. The molecule has 0 radical (unpaired) electrons. The second kappa shape index (κ2) is 8.61. The topological polar surface area (TPSA) is 49.5 Å². The maximum absolute atomic E-state index is 16.0. The minimum atomic E-state index is -2.18. The molecule has 0 aromatic carbocycles. The summed E-state index contributed by atoms with van der Waals surface area (Å²) >= 11 is 9.03. The Morgan fingerprint density at radius 2 is 1.88 bits per heavy atom. The van der Waals surface area contributed by atoms with E-state index in [9.17, 15) is 5.11 Å².